The molecule has 0 bridgehead atoms. The summed E-state index contributed by atoms with van der Waals surface area (Å²) in [5.41, 5.74) is -1.37. The maximum atomic E-state index is 13.6. The average molecular weight is 256 g/mol. The monoisotopic (exact) mass is 256 g/mol. The van der Waals surface area contributed by atoms with Crippen LogP contribution in [0.5, 0.6) is 0 Å². The first-order valence-electron chi connectivity index (χ1n) is 5.72. The highest BCUT2D eigenvalue weighted by Gasteiger charge is 2.41. The standard InChI is InChI=1S/C13H14F2O3/c1-17-13(5-7-18-8-6-13)12(16)9-3-2-4-10(14)11(9)15/h2-4H,5-8H2,1H3. The predicted octanol–water partition coefficient (Wildman–Crippen LogP) is 2.34. The number of carbonyl (C=O) groups is 1. The molecule has 1 aromatic rings. The van der Waals surface area contributed by atoms with Gasteiger partial charge in [0, 0.05) is 33.2 Å². The van der Waals surface area contributed by atoms with Gasteiger partial charge in [0.2, 0.25) is 0 Å². The van der Waals surface area contributed by atoms with Gasteiger partial charge in [0.1, 0.15) is 5.60 Å². The van der Waals surface area contributed by atoms with Gasteiger partial charge >= 0.3 is 0 Å². The van der Waals surface area contributed by atoms with Crippen LogP contribution in [0, 0.1) is 11.6 Å². The zero-order valence-corrected chi connectivity index (χ0v) is 10.0. The molecule has 1 heterocycles. The number of halogens is 2. The Morgan fingerprint density at radius 3 is 2.61 bits per heavy atom. The van der Waals surface area contributed by atoms with Crippen LogP contribution in [-0.2, 0) is 9.47 Å². The third-order valence-electron chi connectivity index (χ3n) is 3.30. The predicted molar refractivity (Wildman–Crippen MR) is 60.5 cm³/mol. The van der Waals surface area contributed by atoms with Crippen LogP contribution in [0.25, 0.3) is 0 Å². The number of ketones is 1. The quantitative estimate of drug-likeness (QED) is 0.779. The summed E-state index contributed by atoms with van der Waals surface area (Å²) in [4.78, 5) is 12.3. The first kappa shape index (κ1) is 13.1. The molecule has 0 spiro atoms. The van der Waals surface area contributed by atoms with Crippen LogP contribution in [0.15, 0.2) is 18.2 Å². The third-order valence-corrected chi connectivity index (χ3v) is 3.30. The number of hydrogen-bond acceptors (Lipinski definition) is 3. The largest absolute Gasteiger partial charge is 0.381 e. The van der Waals surface area contributed by atoms with E-state index in [2.05, 4.69) is 0 Å². The van der Waals surface area contributed by atoms with Gasteiger partial charge in [0.05, 0.1) is 5.56 Å². The highest BCUT2D eigenvalue weighted by atomic mass is 19.2. The zero-order valence-electron chi connectivity index (χ0n) is 10.0. The van der Waals surface area contributed by atoms with E-state index in [0.717, 1.165) is 6.07 Å². The second-order valence-electron chi connectivity index (χ2n) is 4.24. The molecule has 0 atom stereocenters. The van der Waals surface area contributed by atoms with Crippen molar-refractivity contribution in [3.63, 3.8) is 0 Å². The van der Waals surface area contributed by atoms with Crippen LogP contribution >= 0.6 is 0 Å². The van der Waals surface area contributed by atoms with Gasteiger partial charge in [-0.1, -0.05) is 6.07 Å². The fourth-order valence-electron chi connectivity index (χ4n) is 2.15. The summed E-state index contributed by atoms with van der Waals surface area (Å²) < 4.78 is 37.2. The van der Waals surface area contributed by atoms with Gasteiger partial charge in [-0.2, -0.15) is 0 Å². The van der Waals surface area contributed by atoms with Crippen LogP contribution in [0.3, 0.4) is 0 Å². The molecule has 5 heteroatoms. The van der Waals surface area contributed by atoms with Crippen molar-refractivity contribution in [3.8, 4) is 0 Å². The van der Waals surface area contributed by atoms with Crippen molar-refractivity contribution in [2.24, 2.45) is 0 Å². The number of ether oxygens (including phenoxy) is 2. The van der Waals surface area contributed by atoms with Crippen LogP contribution in [0.4, 0.5) is 8.78 Å². The maximum Gasteiger partial charge on any atom is 0.197 e. The second kappa shape index (κ2) is 5.12. The minimum Gasteiger partial charge on any atom is -0.381 e. The zero-order chi connectivity index (χ0) is 13.2. The lowest BCUT2D eigenvalue weighted by Crippen LogP contribution is -2.46. The van der Waals surface area contributed by atoms with Gasteiger partial charge in [-0.25, -0.2) is 8.78 Å². The van der Waals surface area contributed by atoms with E-state index in [-0.39, 0.29) is 5.56 Å². The van der Waals surface area contributed by atoms with Crippen LogP contribution in [0.1, 0.15) is 23.2 Å². The Kier molecular flexibility index (Phi) is 3.73. The average Bonchev–Trinajstić information content (AvgIpc) is 2.42. The van der Waals surface area contributed by atoms with Gasteiger partial charge in [-0.3, -0.25) is 4.79 Å². The van der Waals surface area contributed by atoms with Crippen molar-refractivity contribution in [2.45, 2.75) is 18.4 Å². The van der Waals surface area contributed by atoms with E-state index >= 15 is 0 Å². The normalized spacial score (nSPS) is 18.6. The number of benzene rings is 1. The number of Topliss-reactive ketones (excluding diaryl/α,β-unsaturated/α-hetero) is 1. The van der Waals surface area contributed by atoms with Gasteiger partial charge in [-0.05, 0) is 12.1 Å². The molecular weight excluding hydrogens is 242 g/mol. The molecule has 1 fully saturated rings. The summed E-state index contributed by atoms with van der Waals surface area (Å²) in [6.45, 7) is 0.743. The highest BCUT2D eigenvalue weighted by molar-refractivity contribution is 6.02. The molecule has 0 N–H and O–H groups in total. The maximum absolute atomic E-state index is 13.6. The minimum atomic E-state index is -1.12. The molecule has 0 saturated carbocycles. The Bertz CT molecular complexity index is 454. The van der Waals surface area contributed by atoms with E-state index in [1.165, 1.54) is 19.2 Å². The van der Waals surface area contributed by atoms with E-state index < -0.39 is 23.0 Å². The molecule has 18 heavy (non-hydrogen) atoms. The summed E-state index contributed by atoms with van der Waals surface area (Å²) >= 11 is 0. The van der Waals surface area contributed by atoms with E-state index in [0.29, 0.717) is 26.1 Å². The minimum absolute atomic E-state index is 0.265. The van der Waals surface area contributed by atoms with Gasteiger partial charge in [-0.15, -0.1) is 0 Å². The Hall–Kier alpha value is -1.33. The SMILES string of the molecule is COC1(C(=O)c2cccc(F)c2F)CCOCC1. The van der Waals surface area contributed by atoms with Gasteiger partial charge in [0.25, 0.3) is 0 Å². The van der Waals surface area contributed by atoms with Gasteiger partial charge in [0.15, 0.2) is 17.4 Å². The molecule has 1 aromatic carbocycles. The molecule has 0 amide bonds. The lowest BCUT2D eigenvalue weighted by Gasteiger charge is -2.34. The molecule has 98 valence electrons. The van der Waals surface area contributed by atoms with E-state index in [4.69, 9.17) is 9.47 Å². The molecule has 2 rings (SSSR count). The molecule has 0 aliphatic carbocycles. The lowest BCUT2D eigenvalue weighted by molar-refractivity contribution is -0.0665. The molecule has 1 aliphatic heterocycles. The molecule has 1 aliphatic rings. The smallest absolute Gasteiger partial charge is 0.197 e. The molecule has 3 nitrogen and oxygen atoms in total. The van der Waals surface area contributed by atoms with Crippen LogP contribution in [-0.4, -0.2) is 31.7 Å². The number of rotatable bonds is 3. The fraction of sp³-hybridized carbons (Fsp3) is 0.462. The number of methoxy groups -OCH3 is 1. The molecule has 0 aromatic heterocycles. The van der Waals surface area contributed by atoms with Crippen LogP contribution < -0.4 is 0 Å². The first-order valence-corrected chi connectivity index (χ1v) is 5.72. The summed E-state index contributed by atoms with van der Waals surface area (Å²) in [5.74, 6) is -2.67. The molecular formula is C13H14F2O3. The van der Waals surface area contributed by atoms with Crippen molar-refractivity contribution in [1.29, 1.82) is 0 Å². The van der Waals surface area contributed by atoms with Crippen molar-refractivity contribution < 1.29 is 23.0 Å². The van der Waals surface area contributed by atoms with E-state index in [1.807, 2.05) is 0 Å². The van der Waals surface area contributed by atoms with Crippen molar-refractivity contribution in [2.75, 3.05) is 20.3 Å². The fourth-order valence-corrected chi connectivity index (χ4v) is 2.15. The van der Waals surface area contributed by atoms with Gasteiger partial charge < -0.3 is 9.47 Å². The Morgan fingerprint density at radius 2 is 2.00 bits per heavy atom. The third kappa shape index (κ3) is 2.15. The molecule has 0 radical (unpaired) electrons. The summed E-state index contributed by atoms with van der Waals surface area (Å²) in [6.07, 6.45) is 0.691. The topological polar surface area (TPSA) is 35.5 Å². The summed E-state index contributed by atoms with van der Waals surface area (Å²) in [5, 5.41) is 0. The number of carbonyl (C=O) groups excluding carboxylic acids is 1. The van der Waals surface area contributed by atoms with E-state index in [9.17, 15) is 13.6 Å². The number of hydrogen-bond donors (Lipinski definition) is 0. The lowest BCUT2D eigenvalue weighted by atomic mass is 9.85. The summed E-state index contributed by atoms with van der Waals surface area (Å²) in [6, 6.07) is 3.57. The first-order chi connectivity index (χ1) is 8.60. The van der Waals surface area contributed by atoms with E-state index in [1.54, 1.807) is 0 Å². The molecule has 0 unspecified atom stereocenters. The highest BCUT2D eigenvalue weighted by Crippen LogP contribution is 2.30. The Labute approximate surface area is 104 Å². The molecule has 1 saturated heterocycles. The second-order valence-corrected chi connectivity index (χ2v) is 4.24. The summed E-state index contributed by atoms with van der Waals surface area (Å²) in [7, 11) is 1.40. The van der Waals surface area contributed by atoms with Crippen LogP contribution in [0.2, 0.25) is 0 Å². The Balaban J connectivity index is 2.37. The van der Waals surface area contributed by atoms with Crippen molar-refractivity contribution in [1.82, 2.24) is 0 Å². The van der Waals surface area contributed by atoms with Crippen molar-refractivity contribution >= 4 is 5.78 Å². The van der Waals surface area contributed by atoms with Crippen molar-refractivity contribution in [3.05, 3.63) is 35.4 Å². The Morgan fingerprint density at radius 1 is 1.33 bits per heavy atom.